The molecule has 0 radical (unpaired) electrons. The second-order valence-electron chi connectivity index (χ2n) is 4.17. The first kappa shape index (κ1) is 12.5. The van der Waals surface area contributed by atoms with Crippen molar-refractivity contribution in [2.24, 2.45) is 0 Å². The second kappa shape index (κ2) is 6.10. The summed E-state index contributed by atoms with van der Waals surface area (Å²) in [5.74, 6) is 2.51. The van der Waals surface area contributed by atoms with E-state index >= 15 is 0 Å². The number of methoxy groups -OCH3 is 1. The molecule has 0 atom stereocenters. The lowest BCUT2D eigenvalue weighted by molar-refractivity contribution is 0.413. The highest BCUT2D eigenvalue weighted by molar-refractivity contribution is 5.36. The van der Waals surface area contributed by atoms with Crippen LogP contribution in [-0.4, -0.2) is 7.11 Å². The third-order valence-corrected chi connectivity index (χ3v) is 2.76. The van der Waals surface area contributed by atoms with Crippen molar-refractivity contribution in [1.82, 2.24) is 0 Å². The van der Waals surface area contributed by atoms with Gasteiger partial charge in [-0.3, -0.25) is 0 Å². The number of benzene rings is 2. The molecule has 0 amide bonds. The molecular formula is C16H18O2. The van der Waals surface area contributed by atoms with Gasteiger partial charge in [-0.1, -0.05) is 25.5 Å². The fourth-order valence-corrected chi connectivity index (χ4v) is 1.79. The van der Waals surface area contributed by atoms with Crippen LogP contribution >= 0.6 is 0 Å². The van der Waals surface area contributed by atoms with Gasteiger partial charge in [0.25, 0.3) is 0 Å². The van der Waals surface area contributed by atoms with Crippen LogP contribution in [0, 0.1) is 0 Å². The molecule has 2 rings (SSSR count). The van der Waals surface area contributed by atoms with E-state index in [1.807, 2.05) is 36.4 Å². The Bertz CT molecular complexity index is 471. The summed E-state index contributed by atoms with van der Waals surface area (Å²) in [6, 6.07) is 15.8. The maximum absolute atomic E-state index is 5.76. The van der Waals surface area contributed by atoms with Crippen LogP contribution in [0.15, 0.2) is 48.5 Å². The zero-order valence-electron chi connectivity index (χ0n) is 10.8. The lowest BCUT2D eigenvalue weighted by atomic mass is 10.1. The second-order valence-corrected chi connectivity index (χ2v) is 4.17. The maximum Gasteiger partial charge on any atom is 0.127 e. The molecule has 0 fully saturated rings. The molecule has 2 aromatic carbocycles. The van der Waals surface area contributed by atoms with Crippen LogP contribution in [0.4, 0.5) is 0 Å². The zero-order valence-corrected chi connectivity index (χ0v) is 10.8. The Morgan fingerprint density at radius 2 is 1.28 bits per heavy atom. The zero-order chi connectivity index (χ0) is 12.8. The van der Waals surface area contributed by atoms with E-state index in [2.05, 4.69) is 19.1 Å². The van der Waals surface area contributed by atoms with Crippen molar-refractivity contribution >= 4 is 0 Å². The highest BCUT2D eigenvalue weighted by Crippen LogP contribution is 2.24. The van der Waals surface area contributed by atoms with E-state index < -0.39 is 0 Å². The van der Waals surface area contributed by atoms with Crippen molar-refractivity contribution in [1.29, 1.82) is 0 Å². The van der Waals surface area contributed by atoms with Gasteiger partial charge in [-0.05, 0) is 48.4 Å². The van der Waals surface area contributed by atoms with E-state index in [9.17, 15) is 0 Å². The third-order valence-electron chi connectivity index (χ3n) is 2.76. The van der Waals surface area contributed by atoms with E-state index in [0.29, 0.717) is 0 Å². The molecule has 0 bridgehead atoms. The quantitative estimate of drug-likeness (QED) is 0.771. The first-order valence-electron chi connectivity index (χ1n) is 6.22. The Hall–Kier alpha value is -1.96. The molecule has 0 saturated heterocycles. The molecule has 0 saturated carbocycles. The summed E-state index contributed by atoms with van der Waals surface area (Å²) in [7, 11) is 1.66. The molecule has 0 heterocycles. The number of hydrogen-bond acceptors (Lipinski definition) is 2. The minimum absolute atomic E-state index is 0.819. The molecule has 18 heavy (non-hydrogen) atoms. The smallest absolute Gasteiger partial charge is 0.127 e. The van der Waals surface area contributed by atoms with Gasteiger partial charge in [0, 0.05) is 0 Å². The number of aryl methyl sites for hydroxylation is 1. The predicted octanol–water partition coefficient (Wildman–Crippen LogP) is 4.44. The summed E-state index contributed by atoms with van der Waals surface area (Å²) in [5.41, 5.74) is 1.35. The highest BCUT2D eigenvalue weighted by atomic mass is 16.5. The van der Waals surface area contributed by atoms with E-state index in [1.54, 1.807) is 7.11 Å². The van der Waals surface area contributed by atoms with E-state index in [4.69, 9.17) is 9.47 Å². The van der Waals surface area contributed by atoms with Crippen LogP contribution in [0.25, 0.3) is 0 Å². The van der Waals surface area contributed by atoms with Crippen molar-refractivity contribution < 1.29 is 9.47 Å². The van der Waals surface area contributed by atoms with Crippen LogP contribution in [0.3, 0.4) is 0 Å². The van der Waals surface area contributed by atoms with Crippen molar-refractivity contribution in [2.45, 2.75) is 19.8 Å². The van der Waals surface area contributed by atoms with Gasteiger partial charge in [0.15, 0.2) is 0 Å². The van der Waals surface area contributed by atoms with Gasteiger partial charge in [0.05, 0.1) is 7.11 Å². The molecule has 0 aliphatic rings. The SMILES string of the molecule is CCCc1ccc(Oc2ccc(OC)cc2)cc1. The standard InChI is InChI=1S/C16H18O2/c1-3-4-13-5-7-15(8-6-13)18-16-11-9-14(17-2)10-12-16/h5-12H,3-4H2,1-2H3. The van der Waals surface area contributed by atoms with Crippen molar-refractivity contribution in [2.75, 3.05) is 7.11 Å². The topological polar surface area (TPSA) is 18.5 Å². The molecule has 2 nitrogen and oxygen atoms in total. The van der Waals surface area contributed by atoms with Gasteiger partial charge in [-0.15, -0.1) is 0 Å². The molecular weight excluding hydrogens is 224 g/mol. The predicted molar refractivity (Wildman–Crippen MR) is 73.5 cm³/mol. The minimum Gasteiger partial charge on any atom is -0.497 e. The van der Waals surface area contributed by atoms with Gasteiger partial charge in [0.2, 0.25) is 0 Å². The monoisotopic (exact) mass is 242 g/mol. The Balaban J connectivity index is 2.03. The van der Waals surface area contributed by atoms with Gasteiger partial charge in [-0.2, -0.15) is 0 Å². The highest BCUT2D eigenvalue weighted by Gasteiger charge is 1.98. The fourth-order valence-electron chi connectivity index (χ4n) is 1.79. The van der Waals surface area contributed by atoms with Crippen LogP contribution in [-0.2, 0) is 6.42 Å². The average molecular weight is 242 g/mol. The molecule has 0 unspecified atom stereocenters. The molecule has 2 heteroatoms. The number of rotatable bonds is 5. The number of ether oxygens (including phenoxy) is 2. The summed E-state index contributed by atoms with van der Waals surface area (Å²) in [5, 5.41) is 0. The van der Waals surface area contributed by atoms with Crippen molar-refractivity contribution in [3.63, 3.8) is 0 Å². The summed E-state index contributed by atoms with van der Waals surface area (Å²) >= 11 is 0. The van der Waals surface area contributed by atoms with Crippen LogP contribution in [0.2, 0.25) is 0 Å². The number of hydrogen-bond donors (Lipinski definition) is 0. The summed E-state index contributed by atoms with van der Waals surface area (Å²) in [6.07, 6.45) is 2.28. The summed E-state index contributed by atoms with van der Waals surface area (Å²) in [6.45, 7) is 2.18. The van der Waals surface area contributed by atoms with Crippen LogP contribution in [0.5, 0.6) is 17.2 Å². The average Bonchev–Trinajstić information content (AvgIpc) is 2.42. The molecule has 0 aromatic heterocycles. The molecule has 0 spiro atoms. The fraction of sp³-hybridized carbons (Fsp3) is 0.250. The van der Waals surface area contributed by atoms with Crippen LogP contribution < -0.4 is 9.47 Å². The first-order valence-corrected chi connectivity index (χ1v) is 6.22. The molecule has 2 aromatic rings. The lowest BCUT2D eigenvalue weighted by Gasteiger charge is -2.07. The van der Waals surface area contributed by atoms with E-state index in [0.717, 1.165) is 23.7 Å². The van der Waals surface area contributed by atoms with E-state index in [-0.39, 0.29) is 0 Å². The molecule has 0 N–H and O–H groups in total. The van der Waals surface area contributed by atoms with Gasteiger partial charge < -0.3 is 9.47 Å². The van der Waals surface area contributed by atoms with Gasteiger partial charge in [-0.25, -0.2) is 0 Å². The lowest BCUT2D eigenvalue weighted by Crippen LogP contribution is -1.87. The minimum atomic E-state index is 0.819. The summed E-state index contributed by atoms with van der Waals surface area (Å²) < 4.78 is 10.9. The molecule has 0 aliphatic heterocycles. The largest absolute Gasteiger partial charge is 0.497 e. The van der Waals surface area contributed by atoms with Crippen molar-refractivity contribution in [3.8, 4) is 17.2 Å². The first-order chi connectivity index (χ1) is 8.81. The van der Waals surface area contributed by atoms with E-state index in [1.165, 1.54) is 12.0 Å². The Kier molecular flexibility index (Phi) is 4.24. The van der Waals surface area contributed by atoms with Gasteiger partial charge in [0.1, 0.15) is 17.2 Å². The van der Waals surface area contributed by atoms with Crippen molar-refractivity contribution in [3.05, 3.63) is 54.1 Å². The van der Waals surface area contributed by atoms with Crippen LogP contribution in [0.1, 0.15) is 18.9 Å². The summed E-state index contributed by atoms with van der Waals surface area (Å²) in [4.78, 5) is 0. The molecule has 94 valence electrons. The normalized spacial score (nSPS) is 10.1. The Labute approximate surface area is 108 Å². The Morgan fingerprint density at radius 3 is 1.78 bits per heavy atom. The molecule has 0 aliphatic carbocycles. The Morgan fingerprint density at radius 1 is 0.778 bits per heavy atom. The maximum atomic E-state index is 5.76. The third kappa shape index (κ3) is 3.27. The van der Waals surface area contributed by atoms with Gasteiger partial charge >= 0.3 is 0 Å².